The lowest BCUT2D eigenvalue weighted by molar-refractivity contribution is -0.149. The van der Waals surface area contributed by atoms with Crippen molar-refractivity contribution in [1.29, 1.82) is 0 Å². The smallest absolute Gasteiger partial charge is 0.315 e. The van der Waals surface area contributed by atoms with E-state index in [0.29, 0.717) is 12.8 Å². The molecule has 116 valence electrons. The average molecular weight is 287 g/mol. The number of amides is 3. The fourth-order valence-electron chi connectivity index (χ4n) is 1.89. The number of nitrogens with one attached hydrogen (secondary N) is 2. The number of hydrogen-bond acceptors (Lipinski definition) is 3. The number of aliphatic carboxylic acids is 1. The third kappa shape index (κ3) is 4.71. The minimum atomic E-state index is -0.989. The van der Waals surface area contributed by atoms with Crippen LogP contribution in [0.15, 0.2) is 0 Å². The van der Waals surface area contributed by atoms with Crippen molar-refractivity contribution in [2.45, 2.75) is 46.6 Å². The molecule has 0 spiro atoms. The number of urea groups is 1. The molecule has 20 heavy (non-hydrogen) atoms. The lowest BCUT2D eigenvalue weighted by Gasteiger charge is -2.27. The topological polar surface area (TPSA) is 122 Å². The molecule has 0 aromatic heterocycles. The van der Waals surface area contributed by atoms with Crippen molar-refractivity contribution < 1.29 is 19.5 Å². The fourth-order valence-corrected chi connectivity index (χ4v) is 1.89. The maximum Gasteiger partial charge on any atom is 0.315 e. The number of carboxylic acids is 1. The molecule has 0 aliphatic carbocycles. The van der Waals surface area contributed by atoms with Gasteiger partial charge in [-0.3, -0.25) is 9.59 Å². The molecule has 1 atom stereocenters. The molecule has 0 aliphatic heterocycles. The van der Waals surface area contributed by atoms with Crippen LogP contribution in [-0.2, 0) is 9.59 Å². The van der Waals surface area contributed by atoms with E-state index in [2.05, 4.69) is 10.6 Å². The van der Waals surface area contributed by atoms with Gasteiger partial charge in [0.25, 0.3) is 0 Å². The maximum absolute atomic E-state index is 11.7. The maximum atomic E-state index is 11.7. The van der Waals surface area contributed by atoms with E-state index in [1.165, 1.54) is 0 Å². The standard InChI is InChI=1S/C13H25N3O4/c1-5-13(6-2,11(18)19)7-15-12(20)16-9(8(3)4)10(14)17/h8-9H,5-7H2,1-4H3,(H2,14,17)(H,18,19)(H2,15,16,20). The molecule has 7 heteroatoms. The van der Waals surface area contributed by atoms with Gasteiger partial charge in [-0.15, -0.1) is 0 Å². The van der Waals surface area contributed by atoms with E-state index in [9.17, 15) is 19.5 Å². The van der Waals surface area contributed by atoms with Crippen molar-refractivity contribution in [2.75, 3.05) is 6.54 Å². The summed E-state index contributed by atoms with van der Waals surface area (Å²) in [6, 6.07) is -1.37. The Bertz CT molecular complexity index is 365. The normalized spacial score (nSPS) is 12.8. The van der Waals surface area contributed by atoms with Gasteiger partial charge in [-0.05, 0) is 18.8 Å². The molecule has 0 rings (SSSR count). The van der Waals surface area contributed by atoms with E-state index in [1.54, 1.807) is 27.7 Å². The molecule has 1 unspecified atom stereocenters. The molecule has 0 saturated heterocycles. The predicted molar refractivity (Wildman–Crippen MR) is 75.0 cm³/mol. The van der Waals surface area contributed by atoms with Gasteiger partial charge in [-0.2, -0.15) is 0 Å². The van der Waals surface area contributed by atoms with E-state index in [0.717, 1.165) is 0 Å². The molecule has 3 amide bonds. The number of carbonyl (C=O) groups excluding carboxylic acids is 2. The highest BCUT2D eigenvalue weighted by atomic mass is 16.4. The van der Waals surface area contributed by atoms with Crippen LogP contribution < -0.4 is 16.4 Å². The quantitative estimate of drug-likeness (QED) is 0.524. The Kier molecular flexibility index (Phi) is 7.02. The largest absolute Gasteiger partial charge is 0.481 e. The van der Waals surface area contributed by atoms with E-state index < -0.39 is 29.4 Å². The van der Waals surface area contributed by atoms with Crippen LogP contribution in [0.1, 0.15) is 40.5 Å². The van der Waals surface area contributed by atoms with Crippen LogP contribution in [0.4, 0.5) is 4.79 Å². The minimum Gasteiger partial charge on any atom is -0.481 e. The van der Waals surface area contributed by atoms with Crippen LogP contribution >= 0.6 is 0 Å². The van der Waals surface area contributed by atoms with Crippen molar-refractivity contribution in [3.8, 4) is 0 Å². The number of carboxylic acid groups (broad SMARTS) is 1. The summed E-state index contributed by atoms with van der Waals surface area (Å²) in [5, 5.41) is 14.2. The van der Waals surface area contributed by atoms with Gasteiger partial charge < -0.3 is 21.5 Å². The Labute approximate surface area is 119 Å². The predicted octanol–water partition coefficient (Wildman–Crippen LogP) is 0.687. The molecule has 0 fully saturated rings. The monoisotopic (exact) mass is 287 g/mol. The number of rotatable bonds is 8. The summed E-state index contributed by atoms with van der Waals surface area (Å²) in [5.41, 5.74) is 4.20. The van der Waals surface area contributed by atoms with Crippen LogP contribution in [0.3, 0.4) is 0 Å². The second-order valence-electron chi connectivity index (χ2n) is 5.24. The number of primary amides is 1. The van der Waals surface area contributed by atoms with Gasteiger partial charge in [0.1, 0.15) is 6.04 Å². The van der Waals surface area contributed by atoms with Crippen molar-refractivity contribution in [2.24, 2.45) is 17.1 Å². The number of carbonyl (C=O) groups is 3. The van der Waals surface area contributed by atoms with Gasteiger partial charge in [0, 0.05) is 6.54 Å². The second-order valence-corrected chi connectivity index (χ2v) is 5.24. The number of hydrogen-bond donors (Lipinski definition) is 4. The van der Waals surface area contributed by atoms with Crippen LogP contribution in [-0.4, -0.2) is 35.6 Å². The molecule has 0 radical (unpaired) electrons. The molecular formula is C13H25N3O4. The first-order valence-corrected chi connectivity index (χ1v) is 6.77. The summed E-state index contributed by atoms with van der Waals surface area (Å²) in [6.07, 6.45) is 0.811. The molecule has 0 saturated carbocycles. The third-order valence-corrected chi connectivity index (χ3v) is 3.65. The van der Waals surface area contributed by atoms with Gasteiger partial charge in [-0.1, -0.05) is 27.7 Å². The van der Waals surface area contributed by atoms with Crippen molar-refractivity contribution in [3.05, 3.63) is 0 Å². The molecule has 7 nitrogen and oxygen atoms in total. The van der Waals surface area contributed by atoms with Crippen LogP contribution in [0.25, 0.3) is 0 Å². The van der Waals surface area contributed by atoms with Gasteiger partial charge in [0.15, 0.2) is 0 Å². The Morgan fingerprint density at radius 1 is 1.20 bits per heavy atom. The first-order chi connectivity index (χ1) is 9.20. The fraction of sp³-hybridized carbons (Fsp3) is 0.769. The molecule has 0 aliphatic rings. The van der Waals surface area contributed by atoms with Gasteiger partial charge >= 0.3 is 12.0 Å². The van der Waals surface area contributed by atoms with E-state index in [4.69, 9.17) is 5.73 Å². The molecule has 5 N–H and O–H groups in total. The zero-order chi connectivity index (χ0) is 15.9. The molecule has 0 aromatic carbocycles. The van der Waals surface area contributed by atoms with Crippen LogP contribution in [0, 0.1) is 11.3 Å². The van der Waals surface area contributed by atoms with Gasteiger partial charge in [0.05, 0.1) is 5.41 Å². The van der Waals surface area contributed by atoms with Crippen LogP contribution in [0.2, 0.25) is 0 Å². The Hall–Kier alpha value is -1.79. The first-order valence-electron chi connectivity index (χ1n) is 6.77. The van der Waals surface area contributed by atoms with Gasteiger partial charge in [-0.25, -0.2) is 4.79 Å². The van der Waals surface area contributed by atoms with E-state index in [-0.39, 0.29) is 12.5 Å². The average Bonchev–Trinajstić information content (AvgIpc) is 2.36. The summed E-state index contributed by atoms with van der Waals surface area (Å²) in [7, 11) is 0. The minimum absolute atomic E-state index is 0.00471. The molecule has 0 bridgehead atoms. The summed E-state index contributed by atoms with van der Waals surface area (Å²) in [6.45, 7) is 7.05. The lowest BCUT2D eigenvalue weighted by Crippen LogP contribution is -2.53. The Morgan fingerprint density at radius 2 is 1.70 bits per heavy atom. The zero-order valence-corrected chi connectivity index (χ0v) is 12.5. The van der Waals surface area contributed by atoms with Gasteiger partial charge in [0.2, 0.25) is 5.91 Å². The lowest BCUT2D eigenvalue weighted by atomic mass is 9.82. The zero-order valence-electron chi connectivity index (χ0n) is 12.5. The van der Waals surface area contributed by atoms with E-state index >= 15 is 0 Å². The molecular weight excluding hydrogens is 262 g/mol. The van der Waals surface area contributed by atoms with Crippen molar-refractivity contribution in [3.63, 3.8) is 0 Å². The summed E-state index contributed by atoms with van der Waals surface area (Å²) < 4.78 is 0. The highest BCUT2D eigenvalue weighted by Crippen LogP contribution is 2.25. The van der Waals surface area contributed by atoms with Crippen molar-refractivity contribution in [1.82, 2.24) is 10.6 Å². The highest BCUT2D eigenvalue weighted by molar-refractivity contribution is 5.86. The SMILES string of the molecule is CCC(CC)(CNC(=O)NC(C(N)=O)C(C)C)C(=O)O. The summed E-state index contributed by atoms with van der Waals surface area (Å²) >= 11 is 0. The Morgan fingerprint density at radius 3 is 2.00 bits per heavy atom. The summed E-state index contributed by atoms with van der Waals surface area (Å²) in [5.74, 6) is -1.71. The number of nitrogens with two attached hydrogens (primary N) is 1. The van der Waals surface area contributed by atoms with Crippen LogP contribution in [0.5, 0.6) is 0 Å². The van der Waals surface area contributed by atoms with E-state index in [1.807, 2.05) is 0 Å². The van der Waals surface area contributed by atoms with Crippen molar-refractivity contribution >= 4 is 17.9 Å². The molecule has 0 heterocycles. The highest BCUT2D eigenvalue weighted by Gasteiger charge is 2.35. The summed E-state index contributed by atoms with van der Waals surface area (Å²) in [4.78, 5) is 34.2. The second kappa shape index (κ2) is 7.72. The third-order valence-electron chi connectivity index (χ3n) is 3.65. The Balaban J connectivity index is 4.62. The molecule has 0 aromatic rings. The first kappa shape index (κ1) is 18.2.